The molecule has 1 aliphatic rings. The molecule has 1 nitrogen and oxygen atoms in total. The fourth-order valence-corrected chi connectivity index (χ4v) is 2.11. The Morgan fingerprint density at radius 3 is 2.67 bits per heavy atom. The number of allylic oxidation sites excluding steroid dienone is 2. The van der Waals surface area contributed by atoms with Gasteiger partial charge in [-0.05, 0) is 30.8 Å². The van der Waals surface area contributed by atoms with Crippen molar-refractivity contribution in [3.63, 3.8) is 0 Å². The zero-order chi connectivity index (χ0) is 10.7. The second-order valence-corrected chi connectivity index (χ2v) is 4.19. The summed E-state index contributed by atoms with van der Waals surface area (Å²) in [5, 5.41) is 0. The van der Waals surface area contributed by atoms with Gasteiger partial charge in [0.2, 0.25) is 0 Å². The number of carbonyl (C=O) groups excluding carboxylic acids is 1. The Morgan fingerprint density at radius 2 is 2.00 bits per heavy atom. The Hall–Kier alpha value is -1.37. The number of hydrogen-bond acceptors (Lipinski definition) is 1. The highest BCUT2D eigenvalue weighted by molar-refractivity contribution is 6.09. The van der Waals surface area contributed by atoms with Crippen molar-refractivity contribution in [2.45, 2.75) is 26.2 Å². The van der Waals surface area contributed by atoms with Crippen LogP contribution in [0, 0.1) is 5.92 Å². The minimum Gasteiger partial charge on any atom is -0.289 e. The lowest BCUT2D eigenvalue weighted by Crippen LogP contribution is -2.14. The first-order valence-electron chi connectivity index (χ1n) is 5.59. The minimum absolute atomic E-state index is 0.211. The minimum atomic E-state index is 0.211. The molecule has 78 valence electrons. The first-order chi connectivity index (χ1) is 7.29. The molecule has 0 amide bonds. The van der Waals surface area contributed by atoms with Gasteiger partial charge in [-0.3, -0.25) is 4.79 Å². The molecular formula is C14H16O. The van der Waals surface area contributed by atoms with Crippen LogP contribution in [-0.4, -0.2) is 5.78 Å². The summed E-state index contributed by atoms with van der Waals surface area (Å²) in [4.78, 5) is 12.1. The van der Waals surface area contributed by atoms with E-state index in [1.54, 1.807) is 0 Å². The van der Waals surface area contributed by atoms with Crippen molar-refractivity contribution in [2.75, 3.05) is 0 Å². The van der Waals surface area contributed by atoms with Gasteiger partial charge < -0.3 is 0 Å². The molecule has 0 aliphatic heterocycles. The summed E-state index contributed by atoms with van der Waals surface area (Å²) in [5.74, 6) is 0.634. The maximum Gasteiger partial charge on any atom is 0.188 e. The quantitative estimate of drug-likeness (QED) is 0.666. The molecule has 0 saturated carbocycles. The van der Waals surface area contributed by atoms with Crippen molar-refractivity contribution >= 4 is 5.78 Å². The maximum atomic E-state index is 12.1. The van der Waals surface area contributed by atoms with Gasteiger partial charge in [0.05, 0.1) is 0 Å². The molecule has 0 spiro atoms. The lowest BCUT2D eigenvalue weighted by atomic mass is 9.85. The van der Waals surface area contributed by atoms with Crippen LogP contribution >= 0.6 is 0 Å². The number of rotatable bonds is 2. The fraction of sp³-hybridized carbons (Fsp3) is 0.357. The molecule has 0 N–H and O–H groups in total. The average Bonchev–Trinajstić information content (AvgIpc) is 2.30. The van der Waals surface area contributed by atoms with E-state index in [1.165, 1.54) is 6.42 Å². The van der Waals surface area contributed by atoms with Crippen LogP contribution in [0.15, 0.2) is 42.0 Å². The monoisotopic (exact) mass is 200 g/mol. The van der Waals surface area contributed by atoms with Gasteiger partial charge in [0.15, 0.2) is 5.78 Å². The fourth-order valence-electron chi connectivity index (χ4n) is 2.11. The number of hydrogen-bond donors (Lipinski definition) is 0. The van der Waals surface area contributed by atoms with Gasteiger partial charge in [-0.25, -0.2) is 0 Å². The lowest BCUT2D eigenvalue weighted by molar-refractivity contribution is 0.102. The van der Waals surface area contributed by atoms with Gasteiger partial charge in [-0.2, -0.15) is 0 Å². The zero-order valence-corrected chi connectivity index (χ0v) is 9.07. The third kappa shape index (κ3) is 2.17. The second kappa shape index (κ2) is 4.43. The Balaban J connectivity index is 2.25. The van der Waals surface area contributed by atoms with E-state index in [4.69, 9.17) is 0 Å². The third-order valence-corrected chi connectivity index (χ3v) is 3.03. The Bertz CT molecular complexity index is 376. The van der Waals surface area contributed by atoms with Gasteiger partial charge in [-0.15, -0.1) is 0 Å². The van der Waals surface area contributed by atoms with Crippen LogP contribution in [0.25, 0.3) is 0 Å². The number of carbonyl (C=O) groups is 1. The molecule has 0 heterocycles. The summed E-state index contributed by atoms with van der Waals surface area (Å²) < 4.78 is 0. The SMILES string of the molecule is CC1CCCC=C1C(=O)c1ccccc1. The molecule has 0 fully saturated rings. The van der Waals surface area contributed by atoms with Gasteiger partial charge >= 0.3 is 0 Å². The second-order valence-electron chi connectivity index (χ2n) is 4.19. The van der Waals surface area contributed by atoms with Crippen molar-refractivity contribution in [1.82, 2.24) is 0 Å². The predicted octanol–water partition coefficient (Wildman–Crippen LogP) is 3.62. The van der Waals surface area contributed by atoms with Crippen LogP contribution in [0.5, 0.6) is 0 Å². The van der Waals surface area contributed by atoms with Gasteiger partial charge in [0, 0.05) is 5.56 Å². The Morgan fingerprint density at radius 1 is 1.27 bits per heavy atom. The molecule has 2 rings (SSSR count). The molecule has 1 aliphatic carbocycles. The highest BCUT2D eigenvalue weighted by Crippen LogP contribution is 2.26. The molecule has 1 aromatic carbocycles. The van der Waals surface area contributed by atoms with E-state index >= 15 is 0 Å². The van der Waals surface area contributed by atoms with E-state index in [-0.39, 0.29) is 5.78 Å². The average molecular weight is 200 g/mol. The van der Waals surface area contributed by atoms with Crippen molar-refractivity contribution in [1.29, 1.82) is 0 Å². The van der Waals surface area contributed by atoms with Crippen LogP contribution in [-0.2, 0) is 0 Å². The van der Waals surface area contributed by atoms with Crippen molar-refractivity contribution in [3.05, 3.63) is 47.5 Å². The van der Waals surface area contributed by atoms with E-state index in [0.717, 1.165) is 24.0 Å². The smallest absolute Gasteiger partial charge is 0.188 e. The number of benzene rings is 1. The first kappa shape index (κ1) is 10.2. The molecule has 1 heteroatoms. The molecule has 15 heavy (non-hydrogen) atoms. The summed E-state index contributed by atoms with van der Waals surface area (Å²) in [5.41, 5.74) is 1.82. The van der Waals surface area contributed by atoms with Crippen LogP contribution in [0.2, 0.25) is 0 Å². The predicted molar refractivity (Wildman–Crippen MR) is 61.9 cm³/mol. The number of Topliss-reactive ketones (excluding diaryl/α,β-unsaturated/α-hetero) is 1. The van der Waals surface area contributed by atoms with Gasteiger partial charge in [0.1, 0.15) is 0 Å². The van der Waals surface area contributed by atoms with Crippen molar-refractivity contribution < 1.29 is 4.79 Å². The van der Waals surface area contributed by atoms with Crippen molar-refractivity contribution in [3.8, 4) is 0 Å². The van der Waals surface area contributed by atoms with E-state index in [9.17, 15) is 4.79 Å². The standard InChI is InChI=1S/C14H16O/c1-11-7-5-6-10-13(11)14(15)12-8-3-2-4-9-12/h2-4,8-11H,5-7H2,1H3. The Labute approximate surface area is 90.8 Å². The van der Waals surface area contributed by atoms with Crippen LogP contribution in [0.1, 0.15) is 36.5 Å². The topological polar surface area (TPSA) is 17.1 Å². The van der Waals surface area contributed by atoms with Crippen LogP contribution < -0.4 is 0 Å². The highest BCUT2D eigenvalue weighted by atomic mass is 16.1. The molecular weight excluding hydrogens is 184 g/mol. The van der Waals surface area contributed by atoms with E-state index in [1.807, 2.05) is 30.3 Å². The molecule has 0 bridgehead atoms. The van der Waals surface area contributed by atoms with Gasteiger partial charge in [0.25, 0.3) is 0 Å². The highest BCUT2D eigenvalue weighted by Gasteiger charge is 2.20. The van der Waals surface area contributed by atoms with Gasteiger partial charge in [-0.1, -0.05) is 43.3 Å². The normalized spacial score (nSPS) is 20.9. The molecule has 0 aromatic heterocycles. The van der Waals surface area contributed by atoms with E-state index < -0.39 is 0 Å². The molecule has 0 radical (unpaired) electrons. The third-order valence-electron chi connectivity index (χ3n) is 3.03. The first-order valence-corrected chi connectivity index (χ1v) is 5.59. The Kier molecular flexibility index (Phi) is 3.00. The molecule has 1 unspecified atom stereocenters. The van der Waals surface area contributed by atoms with E-state index in [2.05, 4.69) is 13.0 Å². The van der Waals surface area contributed by atoms with E-state index in [0.29, 0.717) is 5.92 Å². The summed E-state index contributed by atoms with van der Waals surface area (Å²) in [7, 11) is 0. The summed E-state index contributed by atoms with van der Waals surface area (Å²) in [6.45, 7) is 2.14. The molecule has 0 saturated heterocycles. The molecule has 1 aromatic rings. The maximum absolute atomic E-state index is 12.1. The number of ketones is 1. The van der Waals surface area contributed by atoms with Crippen molar-refractivity contribution in [2.24, 2.45) is 5.92 Å². The zero-order valence-electron chi connectivity index (χ0n) is 9.07. The van der Waals surface area contributed by atoms with Crippen LogP contribution in [0.4, 0.5) is 0 Å². The largest absolute Gasteiger partial charge is 0.289 e. The van der Waals surface area contributed by atoms with Crippen LogP contribution in [0.3, 0.4) is 0 Å². The lowest BCUT2D eigenvalue weighted by Gasteiger charge is -2.19. The summed E-state index contributed by atoms with van der Waals surface area (Å²) in [6, 6.07) is 9.56. The summed E-state index contributed by atoms with van der Waals surface area (Å²) in [6.07, 6.45) is 5.53. The summed E-state index contributed by atoms with van der Waals surface area (Å²) >= 11 is 0. The molecule has 1 atom stereocenters.